The summed E-state index contributed by atoms with van der Waals surface area (Å²) in [7, 11) is -0.353. The molecule has 0 radical (unpaired) electrons. The second-order valence-corrected chi connectivity index (χ2v) is 11.6. The van der Waals surface area contributed by atoms with Crippen LogP contribution in [-0.4, -0.2) is 44.7 Å². The van der Waals surface area contributed by atoms with Crippen molar-refractivity contribution in [3.63, 3.8) is 0 Å². The smallest absolute Gasteiger partial charge is 0.118 e. The van der Waals surface area contributed by atoms with Gasteiger partial charge in [0.15, 0.2) is 0 Å². The molecule has 2 aliphatic rings. The molecule has 1 saturated heterocycles. The van der Waals surface area contributed by atoms with Crippen LogP contribution in [0, 0.1) is 0 Å². The highest BCUT2D eigenvalue weighted by Gasteiger charge is 2.47. The van der Waals surface area contributed by atoms with Gasteiger partial charge in [-0.3, -0.25) is 4.90 Å². The van der Waals surface area contributed by atoms with E-state index in [1.165, 1.54) is 11.1 Å². The summed E-state index contributed by atoms with van der Waals surface area (Å²) in [5, 5.41) is 0. The summed E-state index contributed by atoms with van der Waals surface area (Å²) in [6.45, 7) is 5.60. The van der Waals surface area contributed by atoms with E-state index in [4.69, 9.17) is 9.47 Å². The maximum atomic E-state index is 12.2. The molecular weight excluding hydrogens is 357 g/mol. The van der Waals surface area contributed by atoms with E-state index >= 15 is 0 Å². The van der Waals surface area contributed by atoms with Crippen LogP contribution >= 0.6 is 7.14 Å². The summed E-state index contributed by atoms with van der Waals surface area (Å²) in [5.74, 6) is 0.858. The molecule has 2 aliphatic heterocycles. The lowest BCUT2D eigenvalue weighted by molar-refractivity contribution is -0.0950. The molecule has 27 heavy (non-hydrogen) atoms. The van der Waals surface area contributed by atoms with Gasteiger partial charge in [0.25, 0.3) is 0 Å². The maximum Gasteiger partial charge on any atom is 0.118 e. The summed E-state index contributed by atoms with van der Waals surface area (Å²) in [6, 6.07) is 16.8. The van der Waals surface area contributed by atoms with Crippen molar-refractivity contribution in [1.29, 1.82) is 0 Å². The highest BCUT2D eigenvalue weighted by atomic mass is 31.2. The molecule has 0 aromatic heterocycles. The van der Waals surface area contributed by atoms with Crippen LogP contribution in [0.25, 0.3) is 0 Å². The third kappa shape index (κ3) is 3.71. The summed E-state index contributed by atoms with van der Waals surface area (Å²) < 4.78 is 24.3. The van der Waals surface area contributed by atoms with E-state index < -0.39 is 7.14 Å². The number of ether oxygens (including phenoxy) is 2. The Morgan fingerprint density at radius 2 is 1.78 bits per heavy atom. The molecule has 1 atom stereocenters. The molecule has 144 valence electrons. The van der Waals surface area contributed by atoms with Crippen molar-refractivity contribution in [2.75, 3.05) is 39.8 Å². The van der Waals surface area contributed by atoms with E-state index in [-0.39, 0.29) is 11.7 Å². The first-order chi connectivity index (χ1) is 12.9. The largest absolute Gasteiger partial charge is 0.497 e. The van der Waals surface area contributed by atoms with Gasteiger partial charge in [0.05, 0.1) is 26.1 Å². The van der Waals surface area contributed by atoms with Crippen LogP contribution in [0.5, 0.6) is 5.75 Å². The summed E-state index contributed by atoms with van der Waals surface area (Å²) in [5.41, 5.74) is 3.52. The predicted molar refractivity (Wildman–Crippen MR) is 109 cm³/mol. The Balaban J connectivity index is 1.60. The normalized spacial score (nSPS) is 22.0. The SMILES string of the molecule is COc1ccc(C2OC3(CCN(CP(C)(C)=O)CC3)c3ccccc32)cc1. The van der Waals surface area contributed by atoms with Gasteiger partial charge in [0.1, 0.15) is 11.9 Å². The Morgan fingerprint density at radius 3 is 2.41 bits per heavy atom. The van der Waals surface area contributed by atoms with Gasteiger partial charge in [-0.2, -0.15) is 0 Å². The van der Waals surface area contributed by atoms with Gasteiger partial charge < -0.3 is 14.0 Å². The zero-order chi connectivity index (χ0) is 19.1. The predicted octanol–water partition coefficient (Wildman–Crippen LogP) is 4.69. The summed E-state index contributed by atoms with van der Waals surface area (Å²) in [4.78, 5) is 2.33. The quantitative estimate of drug-likeness (QED) is 0.716. The molecule has 0 bridgehead atoms. The minimum absolute atomic E-state index is 0.0397. The second kappa shape index (κ2) is 7.09. The maximum absolute atomic E-state index is 12.2. The fraction of sp³-hybridized carbons (Fsp3) is 0.455. The first-order valence-electron chi connectivity index (χ1n) is 9.58. The fourth-order valence-electron chi connectivity index (χ4n) is 4.44. The lowest BCUT2D eigenvalue weighted by Gasteiger charge is -2.40. The van der Waals surface area contributed by atoms with Crippen molar-refractivity contribution in [2.24, 2.45) is 0 Å². The van der Waals surface area contributed by atoms with E-state index in [2.05, 4.69) is 41.3 Å². The van der Waals surface area contributed by atoms with Crippen molar-refractivity contribution >= 4 is 7.14 Å². The molecule has 4 nitrogen and oxygen atoms in total. The fourth-order valence-corrected chi connectivity index (χ4v) is 5.69. The first kappa shape index (κ1) is 18.7. The molecule has 5 heteroatoms. The highest BCUT2D eigenvalue weighted by molar-refractivity contribution is 7.62. The third-order valence-electron chi connectivity index (χ3n) is 5.70. The lowest BCUT2D eigenvalue weighted by Crippen LogP contribution is -2.42. The number of fused-ring (bicyclic) bond motifs is 2. The van der Waals surface area contributed by atoms with Crippen LogP contribution in [0.2, 0.25) is 0 Å². The number of methoxy groups -OCH3 is 1. The molecule has 0 amide bonds. The molecule has 4 rings (SSSR count). The Kier molecular flexibility index (Phi) is 4.92. The van der Waals surface area contributed by atoms with E-state index in [0.717, 1.165) is 37.2 Å². The molecule has 2 aromatic carbocycles. The van der Waals surface area contributed by atoms with Gasteiger partial charge in [-0.15, -0.1) is 0 Å². The number of hydrogen-bond acceptors (Lipinski definition) is 4. The van der Waals surface area contributed by atoms with Crippen molar-refractivity contribution in [2.45, 2.75) is 24.5 Å². The number of nitrogens with zero attached hydrogens (tertiary/aromatic N) is 1. The van der Waals surface area contributed by atoms with Crippen molar-refractivity contribution in [1.82, 2.24) is 4.90 Å². The van der Waals surface area contributed by atoms with E-state index in [1.807, 2.05) is 25.5 Å². The molecule has 1 spiro atoms. The summed E-state index contributed by atoms with van der Waals surface area (Å²) >= 11 is 0. The first-order valence-corrected chi connectivity index (χ1v) is 12.4. The molecule has 0 aliphatic carbocycles. The Labute approximate surface area is 161 Å². The van der Waals surface area contributed by atoms with Crippen LogP contribution < -0.4 is 4.74 Å². The Morgan fingerprint density at radius 1 is 1.11 bits per heavy atom. The van der Waals surface area contributed by atoms with Crippen molar-refractivity contribution < 1.29 is 14.0 Å². The zero-order valence-electron chi connectivity index (χ0n) is 16.4. The minimum Gasteiger partial charge on any atom is -0.497 e. The van der Waals surface area contributed by atoms with Crippen LogP contribution in [0.1, 0.15) is 35.6 Å². The molecule has 1 fully saturated rings. The number of likely N-dealkylation sites (tertiary alicyclic amines) is 1. The van der Waals surface area contributed by atoms with Crippen LogP contribution in [0.3, 0.4) is 0 Å². The van der Waals surface area contributed by atoms with E-state index in [1.54, 1.807) is 7.11 Å². The molecule has 0 saturated carbocycles. The zero-order valence-corrected chi connectivity index (χ0v) is 17.2. The van der Waals surface area contributed by atoms with Gasteiger partial charge >= 0.3 is 0 Å². The number of rotatable bonds is 4. The van der Waals surface area contributed by atoms with Gasteiger partial charge in [-0.05, 0) is 55.0 Å². The van der Waals surface area contributed by atoms with Crippen LogP contribution in [-0.2, 0) is 14.9 Å². The minimum atomic E-state index is -2.04. The van der Waals surface area contributed by atoms with Crippen LogP contribution in [0.15, 0.2) is 48.5 Å². The number of piperidine rings is 1. The van der Waals surface area contributed by atoms with Crippen molar-refractivity contribution in [3.8, 4) is 5.75 Å². The second-order valence-electron chi connectivity index (χ2n) is 8.19. The molecular formula is C22H28NO3P. The molecule has 0 N–H and O–H groups in total. The van der Waals surface area contributed by atoms with Gasteiger partial charge in [0.2, 0.25) is 0 Å². The number of benzene rings is 2. The highest BCUT2D eigenvalue weighted by Crippen LogP contribution is 2.52. The Bertz CT molecular complexity index is 850. The monoisotopic (exact) mass is 385 g/mol. The van der Waals surface area contributed by atoms with Crippen molar-refractivity contribution in [3.05, 3.63) is 65.2 Å². The topological polar surface area (TPSA) is 38.8 Å². The molecule has 1 unspecified atom stereocenters. The van der Waals surface area contributed by atoms with Gasteiger partial charge in [0, 0.05) is 13.1 Å². The standard InChI is InChI=1S/C22H28NO3P/c1-25-18-10-8-17(9-11-18)21-19-6-4-5-7-20(19)22(26-21)12-14-23(15-13-22)16-27(2,3)24/h4-11,21H,12-16H2,1-3H3. The average molecular weight is 385 g/mol. The van der Waals surface area contributed by atoms with Gasteiger partial charge in [-0.25, -0.2) is 0 Å². The van der Waals surface area contributed by atoms with Crippen LogP contribution in [0.4, 0.5) is 0 Å². The van der Waals surface area contributed by atoms with Gasteiger partial charge in [-0.1, -0.05) is 36.4 Å². The van der Waals surface area contributed by atoms with E-state index in [9.17, 15) is 4.57 Å². The average Bonchev–Trinajstić information content (AvgIpc) is 2.98. The Hall–Kier alpha value is -1.61. The third-order valence-corrected chi connectivity index (χ3v) is 6.78. The summed E-state index contributed by atoms with van der Waals surface area (Å²) in [6.07, 6.45) is 2.54. The number of hydrogen-bond donors (Lipinski definition) is 0. The molecule has 2 aromatic rings. The molecule has 2 heterocycles. The van der Waals surface area contributed by atoms with E-state index in [0.29, 0.717) is 6.29 Å². The lowest BCUT2D eigenvalue weighted by atomic mass is 9.83.